The summed E-state index contributed by atoms with van der Waals surface area (Å²) < 4.78 is 16.9. The Morgan fingerprint density at radius 3 is 2.58 bits per heavy atom. The van der Waals surface area contributed by atoms with Gasteiger partial charge in [-0.2, -0.15) is 14.9 Å². The van der Waals surface area contributed by atoms with E-state index >= 15 is 0 Å². The maximum absolute atomic E-state index is 13.7. The maximum atomic E-state index is 13.7. The summed E-state index contributed by atoms with van der Waals surface area (Å²) in [5.41, 5.74) is 3.57. The van der Waals surface area contributed by atoms with Crippen LogP contribution < -0.4 is 10.9 Å². The van der Waals surface area contributed by atoms with Gasteiger partial charge >= 0.3 is 0 Å². The molecule has 0 aliphatic carbocycles. The van der Waals surface area contributed by atoms with Gasteiger partial charge in [-0.05, 0) is 49.7 Å². The maximum Gasteiger partial charge on any atom is 0.271 e. The van der Waals surface area contributed by atoms with Crippen molar-refractivity contribution < 1.29 is 14.6 Å². The average Bonchev–Trinajstić information content (AvgIpc) is 3.23. The number of hydrogen-bond donors (Lipinski definition) is 3. The van der Waals surface area contributed by atoms with Gasteiger partial charge in [-0.1, -0.05) is 29.8 Å². The van der Waals surface area contributed by atoms with E-state index in [9.17, 15) is 14.3 Å². The van der Waals surface area contributed by atoms with E-state index in [1.165, 1.54) is 22.9 Å². The molecule has 2 aromatic carbocycles. The first-order valence-electron chi connectivity index (χ1n) is 11.6. The Bertz CT molecular complexity index is 1440. The Morgan fingerprint density at radius 2 is 1.89 bits per heavy atom. The predicted molar refractivity (Wildman–Crippen MR) is 138 cm³/mol. The fraction of sp³-hybridized carbons (Fsp3) is 0.269. The van der Waals surface area contributed by atoms with E-state index in [1.807, 2.05) is 31.2 Å². The van der Waals surface area contributed by atoms with Gasteiger partial charge in [0.25, 0.3) is 5.56 Å². The summed E-state index contributed by atoms with van der Waals surface area (Å²) in [4.78, 5) is 12.7. The lowest BCUT2D eigenvalue weighted by Gasteiger charge is -2.24. The molecule has 0 bridgehead atoms. The monoisotopic (exact) mass is 511 g/mol. The van der Waals surface area contributed by atoms with Gasteiger partial charge in [0.05, 0.1) is 22.0 Å². The third kappa shape index (κ3) is 5.04. The summed E-state index contributed by atoms with van der Waals surface area (Å²) in [5.74, 6) is 0.257. The van der Waals surface area contributed by atoms with Crippen molar-refractivity contribution >= 4 is 17.4 Å². The molecule has 3 heterocycles. The second-order valence-corrected chi connectivity index (χ2v) is 8.79. The fourth-order valence-electron chi connectivity index (χ4n) is 4.08. The van der Waals surface area contributed by atoms with Gasteiger partial charge in [-0.15, -0.1) is 0 Å². The number of nitrogens with one attached hydrogen (secondary N) is 1. The topological polar surface area (TPSA) is 105 Å². The minimum Gasteiger partial charge on any atom is -0.397 e. The first kappa shape index (κ1) is 25.6. The second-order valence-electron chi connectivity index (χ2n) is 8.38. The summed E-state index contributed by atoms with van der Waals surface area (Å²) >= 11 is 6.39. The average molecular weight is 512 g/mol. The molecule has 36 heavy (non-hydrogen) atoms. The lowest BCUT2D eigenvalue weighted by atomic mass is 10.0. The number of aliphatic hydroxyl groups excluding tert-OH is 2. The van der Waals surface area contributed by atoms with Crippen LogP contribution in [0.5, 0.6) is 0 Å². The summed E-state index contributed by atoms with van der Waals surface area (Å²) in [6.07, 6.45) is 0. The van der Waals surface area contributed by atoms with Crippen LogP contribution in [0.4, 0.5) is 10.2 Å². The second kappa shape index (κ2) is 11.0. The van der Waals surface area contributed by atoms with Crippen LogP contribution in [0.2, 0.25) is 5.02 Å². The van der Waals surface area contributed by atoms with Crippen LogP contribution in [0.3, 0.4) is 0 Å². The first-order chi connectivity index (χ1) is 17.4. The van der Waals surface area contributed by atoms with Gasteiger partial charge in [-0.25, -0.2) is 9.07 Å². The van der Waals surface area contributed by atoms with Gasteiger partial charge in [0.15, 0.2) is 0 Å². The van der Waals surface area contributed by atoms with Crippen molar-refractivity contribution in [2.75, 3.05) is 25.1 Å². The smallest absolute Gasteiger partial charge is 0.271 e. The van der Waals surface area contributed by atoms with Gasteiger partial charge in [0, 0.05) is 43.9 Å². The normalized spacial score (nSPS) is 14.4. The highest BCUT2D eigenvalue weighted by molar-refractivity contribution is 6.33. The van der Waals surface area contributed by atoms with Gasteiger partial charge in [-0.3, -0.25) is 4.79 Å². The van der Waals surface area contributed by atoms with Crippen LogP contribution in [0, 0.1) is 18.7 Å². The third-order valence-corrected chi connectivity index (χ3v) is 6.10. The quantitative estimate of drug-likeness (QED) is 0.384. The number of aromatic nitrogens is 4. The van der Waals surface area contributed by atoms with E-state index in [2.05, 4.69) is 10.4 Å². The summed E-state index contributed by atoms with van der Waals surface area (Å²) in [5, 5.41) is 30.2. The lowest BCUT2D eigenvalue weighted by Crippen LogP contribution is -2.30. The summed E-state index contributed by atoms with van der Waals surface area (Å²) in [6, 6.07) is 14.8. The molecule has 0 radical (unpaired) electrons. The third-order valence-electron chi connectivity index (χ3n) is 5.79. The van der Waals surface area contributed by atoms with Crippen LogP contribution in [0.25, 0.3) is 28.2 Å². The molecular formula is C26H27ClFN5O3. The highest BCUT2D eigenvalue weighted by Gasteiger charge is 2.28. The molecule has 188 valence electrons. The fourth-order valence-corrected chi connectivity index (χ4v) is 4.33. The number of aryl methyl sites for hydroxylation is 1. The van der Waals surface area contributed by atoms with Crippen molar-refractivity contribution in [3.8, 4) is 28.2 Å². The standard InChI is InChI=1S/C24H21ClFN5O2.C2H6O/c1-14-4-2-3-5-20(14)31-21(33)9-8-19(28-31)22-23(17-7-6-16(26)10-18(17)25)29-30-12-15(13-32)11-27-24(22)30;1-2-3/h2-10,15,27,32H,11-13H2,1H3;3H,2H2,1H3. The van der Waals surface area contributed by atoms with E-state index in [0.29, 0.717) is 47.1 Å². The SMILES string of the molecule is CCO.Cc1ccccc1-n1nc(-c2c(-c3ccc(F)cc3Cl)nn3c2NCC(CO)C3)ccc1=O. The molecule has 1 aliphatic rings. The van der Waals surface area contributed by atoms with Crippen molar-refractivity contribution in [1.82, 2.24) is 19.6 Å². The molecule has 0 saturated heterocycles. The lowest BCUT2D eigenvalue weighted by molar-refractivity contribution is 0.209. The molecule has 10 heteroatoms. The zero-order valence-corrected chi connectivity index (χ0v) is 20.7. The Balaban J connectivity index is 0.000000967. The van der Waals surface area contributed by atoms with E-state index in [-0.39, 0.29) is 29.7 Å². The van der Waals surface area contributed by atoms with Crippen molar-refractivity contribution in [1.29, 1.82) is 0 Å². The molecule has 1 aliphatic heterocycles. The predicted octanol–water partition coefficient (Wildman–Crippen LogP) is 3.90. The van der Waals surface area contributed by atoms with Crippen molar-refractivity contribution in [2.45, 2.75) is 20.4 Å². The Labute approximate surface area is 212 Å². The summed E-state index contributed by atoms with van der Waals surface area (Å²) in [7, 11) is 0. The van der Waals surface area contributed by atoms with Crippen molar-refractivity contribution in [2.24, 2.45) is 5.92 Å². The Kier molecular flexibility index (Phi) is 7.83. The largest absolute Gasteiger partial charge is 0.397 e. The molecule has 1 unspecified atom stereocenters. The Hall–Kier alpha value is -3.53. The van der Waals surface area contributed by atoms with Gasteiger partial charge < -0.3 is 15.5 Å². The molecule has 3 N–H and O–H groups in total. The molecular weight excluding hydrogens is 485 g/mol. The van der Waals surface area contributed by atoms with Gasteiger partial charge in [0.2, 0.25) is 0 Å². The molecule has 0 spiro atoms. The van der Waals surface area contributed by atoms with Crippen LogP contribution in [-0.4, -0.2) is 49.5 Å². The number of benzene rings is 2. The molecule has 0 amide bonds. The van der Waals surface area contributed by atoms with Gasteiger partial charge in [0.1, 0.15) is 17.3 Å². The molecule has 2 aromatic heterocycles. The molecule has 5 rings (SSSR count). The minimum absolute atomic E-state index is 0.00401. The molecule has 4 aromatic rings. The van der Waals surface area contributed by atoms with E-state index < -0.39 is 5.82 Å². The molecule has 8 nitrogen and oxygen atoms in total. The highest BCUT2D eigenvalue weighted by atomic mass is 35.5. The number of nitrogens with zero attached hydrogens (tertiary/aromatic N) is 4. The summed E-state index contributed by atoms with van der Waals surface area (Å²) in [6.45, 7) is 4.92. The zero-order valence-electron chi connectivity index (χ0n) is 19.9. The zero-order chi connectivity index (χ0) is 25.8. The number of aliphatic hydroxyl groups is 2. The highest BCUT2D eigenvalue weighted by Crippen LogP contribution is 2.41. The van der Waals surface area contributed by atoms with Crippen LogP contribution in [0.1, 0.15) is 12.5 Å². The number of rotatable bonds is 4. The van der Waals surface area contributed by atoms with E-state index in [1.54, 1.807) is 23.7 Å². The number of halogens is 2. The molecule has 0 saturated carbocycles. The minimum atomic E-state index is -0.445. The Morgan fingerprint density at radius 1 is 1.14 bits per heavy atom. The van der Waals surface area contributed by atoms with Crippen LogP contribution in [-0.2, 0) is 6.54 Å². The van der Waals surface area contributed by atoms with Crippen LogP contribution >= 0.6 is 11.6 Å². The number of hydrogen-bond acceptors (Lipinski definition) is 6. The number of anilines is 1. The number of fused-ring (bicyclic) bond motifs is 1. The first-order valence-corrected chi connectivity index (χ1v) is 11.9. The van der Waals surface area contributed by atoms with Crippen molar-refractivity contribution in [3.05, 3.63) is 81.4 Å². The molecule has 0 fully saturated rings. The van der Waals surface area contributed by atoms with E-state index in [4.69, 9.17) is 21.8 Å². The number of para-hydroxylation sites is 1. The van der Waals surface area contributed by atoms with Crippen LogP contribution in [0.15, 0.2) is 59.4 Å². The van der Waals surface area contributed by atoms with Crippen molar-refractivity contribution in [3.63, 3.8) is 0 Å². The van der Waals surface area contributed by atoms with E-state index in [0.717, 1.165) is 5.56 Å². The molecule has 1 atom stereocenters.